The third kappa shape index (κ3) is 1.54. The molecule has 0 saturated heterocycles. The normalized spacial score (nSPS) is 15.7. The van der Waals surface area contributed by atoms with Crippen molar-refractivity contribution < 1.29 is 0 Å². The summed E-state index contributed by atoms with van der Waals surface area (Å²) in [5, 5.41) is 0.832. The van der Waals surface area contributed by atoms with Gasteiger partial charge in [-0.1, -0.05) is 32.4 Å². The van der Waals surface area contributed by atoms with Crippen molar-refractivity contribution in [1.29, 1.82) is 0 Å². The van der Waals surface area contributed by atoms with E-state index >= 15 is 0 Å². The molecule has 0 fully saturated rings. The van der Waals surface area contributed by atoms with Crippen LogP contribution in [0.5, 0.6) is 0 Å². The van der Waals surface area contributed by atoms with Crippen molar-refractivity contribution in [2.24, 2.45) is 0 Å². The maximum atomic E-state index is 6.23. The van der Waals surface area contributed by atoms with E-state index in [0.29, 0.717) is 0 Å². The summed E-state index contributed by atoms with van der Waals surface area (Å²) in [6.07, 6.45) is 5.31. The summed E-state index contributed by atoms with van der Waals surface area (Å²) in [7, 11) is 0. The molecule has 0 amide bonds. The predicted molar refractivity (Wildman–Crippen MR) is 60.0 cm³/mol. The lowest BCUT2D eigenvalue weighted by molar-refractivity contribution is 0.582. The van der Waals surface area contributed by atoms with Crippen LogP contribution in [0.4, 0.5) is 0 Å². The summed E-state index contributed by atoms with van der Waals surface area (Å²) in [6.45, 7) is 6.65. The summed E-state index contributed by atoms with van der Waals surface area (Å²) in [6, 6.07) is 0. The molecule has 0 aromatic carbocycles. The number of rotatable bonds is 0. The summed E-state index contributed by atoms with van der Waals surface area (Å²) in [5.41, 5.74) is 4.11. The molecule has 0 atom stereocenters. The molecule has 1 nitrogen and oxygen atoms in total. The molecule has 14 heavy (non-hydrogen) atoms. The SMILES string of the molecule is CC(C)(C)c1c(Cl)cnc2c1CCC2. The molecule has 1 aliphatic rings. The van der Waals surface area contributed by atoms with Crippen molar-refractivity contribution in [1.82, 2.24) is 4.98 Å². The van der Waals surface area contributed by atoms with E-state index in [1.165, 1.54) is 23.2 Å². The van der Waals surface area contributed by atoms with Gasteiger partial charge in [-0.25, -0.2) is 0 Å². The smallest absolute Gasteiger partial charge is 0.0629 e. The number of fused-ring (bicyclic) bond motifs is 1. The van der Waals surface area contributed by atoms with Crippen molar-refractivity contribution in [3.63, 3.8) is 0 Å². The van der Waals surface area contributed by atoms with Gasteiger partial charge in [0, 0.05) is 11.9 Å². The molecule has 0 N–H and O–H groups in total. The van der Waals surface area contributed by atoms with Crippen LogP contribution in [-0.2, 0) is 18.3 Å². The van der Waals surface area contributed by atoms with Gasteiger partial charge >= 0.3 is 0 Å². The first kappa shape index (κ1) is 9.97. The van der Waals surface area contributed by atoms with Crippen LogP contribution in [0, 0.1) is 0 Å². The first-order valence-corrected chi connectivity index (χ1v) is 5.54. The van der Waals surface area contributed by atoms with Crippen LogP contribution in [0.3, 0.4) is 0 Å². The van der Waals surface area contributed by atoms with Crippen LogP contribution in [0.2, 0.25) is 5.02 Å². The first-order valence-electron chi connectivity index (χ1n) is 5.17. The highest BCUT2D eigenvalue weighted by Gasteiger charge is 2.26. The predicted octanol–water partition coefficient (Wildman–Crippen LogP) is 3.52. The lowest BCUT2D eigenvalue weighted by Crippen LogP contribution is -2.15. The highest BCUT2D eigenvalue weighted by atomic mass is 35.5. The zero-order valence-corrected chi connectivity index (χ0v) is 9.78. The van der Waals surface area contributed by atoms with Crippen LogP contribution >= 0.6 is 11.6 Å². The topological polar surface area (TPSA) is 12.9 Å². The second kappa shape index (κ2) is 3.23. The second-order valence-electron chi connectivity index (χ2n) is 5.01. The largest absolute Gasteiger partial charge is 0.259 e. The number of nitrogens with zero attached hydrogens (tertiary/aromatic N) is 1. The number of pyridine rings is 1. The van der Waals surface area contributed by atoms with Crippen LogP contribution in [0.15, 0.2) is 6.20 Å². The number of aryl methyl sites for hydroxylation is 1. The number of hydrogen-bond acceptors (Lipinski definition) is 1. The van der Waals surface area contributed by atoms with Gasteiger partial charge in [0.05, 0.1) is 5.02 Å². The van der Waals surface area contributed by atoms with E-state index in [1.54, 1.807) is 0 Å². The Bertz CT molecular complexity index is 363. The average Bonchev–Trinajstić information content (AvgIpc) is 2.48. The average molecular weight is 210 g/mol. The Hall–Kier alpha value is -0.560. The molecule has 0 bridgehead atoms. The molecule has 0 radical (unpaired) electrons. The summed E-state index contributed by atoms with van der Waals surface area (Å²) in [4.78, 5) is 4.40. The molecule has 0 spiro atoms. The molecular weight excluding hydrogens is 194 g/mol. The molecule has 1 aromatic heterocycles. The van der Waals surface area contributed by atoms with Crippen LogP contribution < -0.4 is 0 Å². The lowest BCUT2D eigenvalue weighted by Gasteiger charge is -2.23. The Balaban J connectivity index is 2.63. The number of aromatic nitrogens is 1. The third-order valence-corrected chi connectivity index (χ3v) is 3.10. The summed E-state index contributed by atoms with van der Waals surface area (Å²) < 4.78 is 0. The van der Waals surface area contributed by atoms with Gasteiger partial charge in [0.15, 0.2) is 0 Å². The van der Waals surface area contributed by atoms with E-state index in [9.17, 15) is 0 Å². The zero-order chi connectivity index (χ0) is 10.3. The minimum absolute atomic E-state index is 0.133. The van der Waals surface area contributed by atoms with Crippen molar-refractivity contribution >= 4 is 11.6 Å². The van der Waals surface area contributed by atoms with Gasteiger partial charge < -0.3 is 0 Å². The Labute approximate surface area is 90.5 Å². The summed E-state index contributed by atoms with van der Waals surface area (Å²) >= 11 is 6.23. The fraction of sp³-hybridized carbons (Fsp3) is 0.583. The van der Waals surface area contributed by atoms with Gasteiger partial charge in [0.1, 0.15) is 0 Å². The molecule has 1 aliphatic carbocycles. The maximum absolute atomic E-state index is 6.23. The first-order chi connectivity index (χ1) is 6.50. The van der Waals surface area contributed by atoms with Crippen LogP contribution in [0.1, 0.15) is 44.0 Å². The Morgan fingerprint density at radius 1 is 1.29 bits per heavy atom. The molecule has 2 heteroatoms. The standard InChI is InChI=1S/C12H16ClN/c1-12(2,3)11-8-5-4-6-10(8)14-7-9(11)13/h7H,4-6H2,1-3H3. The Morgan fingerprint density at radius 2 is 2.00 bits per heavy atom. The molecular formula is C12H16ClN. The quantitative estimate of drug-likeness (QED) is 0.637. The molecule has 0 unspecified atom stereocenters. The summed E-state index contributed by atoms with van der Waals surface area (Å²) in [5.74, 6) is 0. The van der Waals surface area contributed by atoms with E-state index in [1.807, 2.05) is 6.20 Å². The van der Waals surface area contributed by atoms with Gasteiger partial charge in [-0.2, -0.15) is 0 Å². The van der Waals surface area contributed by atoms with Crippen molar-refractivity contribution in [2.75, 3.05) is 0 Å². The fourth-order valence-corrected chi connectivity index (χ4v) is 2.74. The number of halogens is 1. The van der Waals surface area contributed by atoms with Gasteiger partial charge in [-0.3, -0.25) is 4.98 Å². The second-order valence-corrected chi connectivity index (χ2v) is 5.42. The van der Waals surface area contributed by atoms with E-state index in [-0.39, 0.29) is 5.41 Å². The van der Waals surface area contributed by atoms with E-state index in [4.69, 9.17) is 11.6 Å². The Morgan fingerprint density at radius 3 is 2.64 bits per heavy atom. The fourth-order valence-electron chi connectivity index (χ4n) is 2.29. The minimum Gasteiger partial charge on any atom is -0.259 e. The van der Waals surface area contributed by atoms with Crippen molar-refractivity contribution in [3.8, 4) is 0 Å². The van der Waals surface area contributed by atoms with Gasteiger partial charge in [-0.05, 0) is 35.8 Å². The molecule has 76 valence electrons. The molecule has 0 aliphatic heterocycles. The molecule has 1 heterocycles. The lowest BCUT2D eigenvalue weighted by atomic mass is 9.84. The molecule has 0 saturated carbocycles. The van der Waals surface area contributed by atoms with Crippen LogP contribution in [0.25, 0.3) is 0 Å². The minimum atomic E-state index is 0.133. The monoisotopic (exact) mass is 209 g/mol. The van der Waals surface area contributed by atoms with Gasteiger partial charge in [-0.15, -0.1) is 0 Å². The van der Waals surface area contributed by atoms with E-state index in [0.717, 1.165) is 17.9 Å². The van der Waals surface area contributed by atoms with Crippen molar-refractivity contribution in [3.05, 3.63) is 28.0 Å². The highest BCUT2D eigenvalue weighted by molar-refractivity contribution is 6.31. The van der Waals surface area contributed by atoms with Crippen molar-refractivity contribution in [2.45, 2.75) is 45.4 Å². The molecule has 1 aromatic rings. The Kier molecular flexibility index (Phi) is 2.30. The number of hydrogen-bond donors (Lipinski definition) is 0. The third-order valence-electron chi connectivity index (χ3n) is 2.81. The van der Waals surface area contributed by atoms with E-state index in [2.05, 4.69) is 25.8 Å². The zero-order valence-electron chi connectivity index (χ0n) is 9.02. The maximum Gasteiger partial charge on any atom is 0.0629 e. The van der Waals surface area contributed by atoms with Gasteiger partial charge in [0.25, 0.3) is 0 Å². The molecule has 2 rings (SSSR count). The van der Waals surface area contributed by atoms with E-state index < -0.39 is 0 Å². The van der Waals surface area contributed by atoms with Crippen LogP contribution in [-0.4, -0.2) is 4.98 Å². The highest BCUT2D eigenvalue weighted by Crippen LogP contribution is 2.36. The van der Waals surface area contributed by atoms with Gasteiger partial charge in [0.2, 0.25) is 0 Å².